The minimum Gasteiger partial charge on any atom is -0.451 e. The minimum atomic E-state index is -0.695. The Morgan fingerprint density at radius 3 is 2.65 bits per heavy atom. The molecule has 1 heterocycles. The van der Waals surface area contributed by atoms with Gasteiger partial charge in [-0.1, -0.05) is 38.1 Å². The molecule has 0 fully saturated rings. The van der Waals surface area contributed by atoms with Gasteiger partial charge in [-0.25, -0.2) is 4.79 Å². The van der Waals surface area contributed by atoms with Crippen molar-refractivity contribution in [2.45, 2.75) is 57.6 Å². The van der Waals surface area contributed by atoms with Gasteiger partial charge in [0.25, 0.3) is 0 Å². The smallest absolute Gasteiger partial charge is 0.334 e. The second kappa shape index (κ2) is 4.44. The summed E-state index contributed by atoms with van der Waals surface area (Å²) >= 11 is 0. The predicted molar refractivity (Wildman–Crippen MR) is 79.1 cm³/mol. The molecule has 0 saturated heterocycles. The van der Waals surface area contributed by atoms with E-state index in [1.165, 1.54) is 5.56 Å². The number of esters is 1. The van der Waals surface area contributed by atoms with Gasteiger partial charge in [-0.3, -0.25) is 4.99 Å². The van der Waals surface area contributed by atoms with Gasteiger partial charge in [0.05, 0.1) is 5.71 Å². The fraction of sp³-hybridized carbons (Fsp3) is 0.529. The third-order valence-corrected chi connectivity index (χ3v) is 4.84. The first-order valence-electron chi connectivity index (χ1n) is 7.47. The van der Waals surface area contributed by atoms with Crippen LogP contribution in [0.3, 0.4) is 0 Å². The summed E-state index contributed by atoms with van der Waals surface area (Å²) in [7, 11) is 0. The Balaban J connectivity index is 2.21. The lowest BCUT2D eigenvalue weighted by Gasteiger charge is -2.44. The van der Waals surface area contributed by atoms with E-state index < -0.39 is 11.1 Å². The Hall–Kier alpha value is -1.64. The fourth-order valence-electron chi connectivity index (χ4n) is 3.28. The van der Waals surface area contributed by atoms with Gasteiger partial charge in [0, 0.05) is 5.56 Å². The minimum absolute atomic E-state index is 0.159. The Labute approximate surface area is 120 Å². The van der Waals surface area contributed by atoms with Crippen LogP contribution >= 0.6 is 0 Å². The van der Waals surface area contributed by atoms with Gasteiger partial charge in [0.15, 0.2) is 11.1 Å². The van der Waals surface area contributed by atoms with E-state index in [0.717, 1.165) is 24.1 Å². The highest BCUT2D eigenvalue weighted by Crippen LogP contribution is 2.40. The van der Waals surface area contributed by atoms with Crippen molar-refractivity contribution in [3.8, 4) is 0 Å². The molecule has 0 unspecified atom stereocenters. The van der Waals surface area contributed by atoms with E-state index >= 15 is 0 Å². The molecule has 1 aliphatic carbocycles. The second-order valence-corrected chi connectivity index (χ2v) is 5.98. The number of hydrogen-bond donors (Lipinski definition) is 0. The summed E-state index contributed by atoms with van der Waals surface area (Å²) in [6, 6.07) is 8.33. The molecule has 1 aromatic rings. The van der Waals surface area contributed by atoms with Gasteiger partial charge in [-0.2, -0.15) is 0 Å². The third kappa shape index (κ3) is 1.72. The summed E-state index contributed by atoms with van der Waals surface area (Å²) in [6.45, 7) is 6.01. The van der Waals surface area contributed by atoms with Crippen molar-refractivity contribution in [2.24, 2.45) is 4.99 Å². The number of nitrogens with zero attached hydrogens (tertiary/aromatic N) is 1. The Morgan fingerprint density at radius 1 is 1.25 bits per heavy atom. The molecular formula is C17H21NO2. The van der Waals surface area contributed by atoms with Crippen LogP contribution in [-0.2, 0) is 16.0 Å². The average Bonchev–Trinajstić information content (AvgIpc) is 2.46. The maximum absolute atomic E-state index is 12.4. The lowest BCUT2D eigenvalue weighted by molar-refractivity contribution is -0.162. The molecule has 3 nitrogen and oxygen atoms in total. The van der Waals surface area contributed by atoms with Gasteiger partial charge in [0.2, 0.25) is 0 Å². The van der Waals surface area contributed by atoms with Crippen LogP contribution in [-0.4, -0.2) is 22.8 Å². The van der Waals surface area contributed by atoms with Crippen molar-refractivity contribution in [1.29, 1.82) is 0 Å². The predicted octanol–water partition coefficient (Wildman–Crippen LogP) is 3.30. The van der Waals surface area contributed by atoms with Gasteiger partial charge in [-0.05, 0) is 38.2 Å². The summed E-state index contributed by atoms with van der Waals surface area (Å²) in [5.41, 5.74) is 2.17. The van der Waals surface area contributed by atoms with Crippen LogP contribution in [0.4, 0.5) is 0 Å². The molecule has 106 valence electrons. The van der Waals surface area contributed by atoms with Crippen molar-refractivity contribution >= 4 is 11.7 Å². The summed E-state index contributed by atoms with van der Waals surface area (Å²) in [5, 5.41) is 0. The number of ether oxygens (including phenoxy) is 1. The molecule has 0 amide bonds. The quantitative estimate of drug-likeness (QED) is 0.774. The zero-order valence-electron chi connectivity index (χ0n) is 12.4. The highest BCUT2D eigenvalue weighted by Gasteiger charge is 2.50. The number of hydrogen-bond acceptors (Lipinski definition) is 3. The number of benzene rings is 1. The van der Waals surface area contributed by atoms with E-state index in [1.807, 2.05) is 26.8 Å². The van der Waals surface area contributed by atoms with E-state index in [4.69, 9.17) is 9.73 Å². The highest BCUT2D eigenvalue weighted by atomic mass is 16.6. The molecule has 2 aliphatic rings. The van der Waals surface area contributed by atoms with Crippen LogP contribution in [0.15, 0.2) is 29.3 Å². The number of aliphatic imine (C=N–C) groups is 1. The van der Waals surface area contributed by atoms with Crippen LogP contribution in [0, 0.1) is 0 Å². The van der Waals surface area contributed by atoms with Crippen molar-refractivity contribution in [1.82, 2.24) is 0 Å². The molecule has 20 heavy (non-hydrogen) atoms. The Bertz CT molecular complexity index is 586. The van der Waals surface area contributed by atoms with Gasteiger partial charge in [-0.15, -0.1) is 0 Å². The van der Waals surface area contributed by atoms with Crippen molar-refractivity contribution in [3.63, 3.8) is 0 Å². The SMILES string of the molecule is CCC1(CC)N=C2c3ccccc3CC[C@]2(C)OC1=O. The molecule has 3 rings (SSSR count). The molecule has 0 saturated carbocycles. The average molecular weight is 271 g/mol. The fourth-order valence-corrected chi connectivity index (χ4v) is 3.28. The van der Waals surface area contributed by atoms with Crippen molar-refractivity contribution < 1.29 is 9.53 Å². The first-order valence-corrected chi connectivity index (χ1v) is 7.47. The van der Waals surface area contributed by atoms with Crippen LogP contribution in [0.25, 0.3) is 0 Å². The molecule has 3 heteroatoms. The molecular weight excluding hydrogens is 250 g/mol. The highest BCUT2D eigenvalue weighted by molar-refractivity contribution is 6.12. The summed E-state index contributed by atoms with van der Waals surface area (Å²) < 4.78 is 5.86. The number of rotatable bonds is 2. The van der Waals surface area contributed by atoms with E-state index in [2.05, 4.69) is 18.2 Å². The van der Waals surface area contributed by atoms with E-state index in [1.54, 1.807) is 0 Å². The zero-order valence-corrected chi connectivity index (χ0v) is 12.4. The van der Waals surface area contributed by atoms with Gasteiger partial charge < -0.3 is 4.74 Å². The number of carbonyl (C=O) groups is 1. The van der Waals surface area contributed by atoms with Crippen LogP contribution in [0.5, 0.6) is 0 Å². The molecule has 1 aromatic carbocycles. The van der Waals surface area contributed by atoms with E-state index in [0.29, 0.717) is 12.8 Å². The lowest BCUT2D eigenvalue weighted by Crippen LogP contribution is -2.55. The molecule has 1 atom stereocenters. The summed E-state index contributed by atoms with van der Waals surface area (Å²) in [5.74, 6) is -0.159. The summed E-state index contributed by atoms with van der Waals surface area (Å²) in [6.07, 6.45) is 3.12. The Morgan fingerprint density at radius 2 is 1.95 bits per heavy atom. The van der Waals surface area contributed by atoms with Gasteiger partial charge in [0.1, 0.15) is 0 Å². The largest absolute Gasteiger partial charge is 0.451 e. The van der Waals surface area contributed by atoms with Gasteiger partial charge >= 0.3 is 5.97 Å². The first kappa shape index (κ1) is 13.3. The normalized spacial score (nSPS) is 27.1. The lowest BCUT2D eigenvalue weighted by atomic mass is 9.77. The number of carbonyl (C=O) groups excluding carboxylic acids is 1. The molecule has 0 N–H and O–H groups in total. The maximum atomic E-state index is 12.4. The first-order chi connectivity index (χ1) is 9.54. The van der Waals surface area contributed by atoms with Crippen LogP contribution < -0.4 is 0 Å². The third-order valence-electron chi connectivity index (χ3n) is 4.84. The Kier molecular flexibility index (Phi) is 2.96. The summed E-state index contributed by atoms with van der Waals surface area (Å²) in [4.78, 5) is 17.3. The molecule has 0 radical (unpaired) electrons. The monoisotopic (exact) mass is 271 g/mol. The number of aryl methyl sites for hydroxylation is 1. The molecule has 0 bridgehead atoms. The number of fused-ring (bicyclic) bond motifs is 3. The van der Waals surface area contributed by atoms with E-state index in [9.17, 15) is 4.79 Å². The molecule has 0 spiro atoms. The van der Waals surface area contributed by atoms with Crippen molar-refractivity contribution in [2.75, 3.05) is 0 Å². The maximum Gasteiger partial charge on any atom is 0.334 e. The molecule has 0 aromatic heterocycles. The molecule has 1 aliphatic heterocycles. The van der Waals surface area contributed by atoms with Crippen LogP contribution in [0.2, 0.25) is 0 Å². The second-order valence-electron chi connectivity index (χ2n) is 5.98. The standard InChI is InChI=1S/C17H21NO2/c1-4-17(5-2)15(19)20-16(3)11-10-12-8-6-7-9-13(12)14(16)18-17/h6-9H,4-5,10-11H2,1-3H3/t16-/m0/s1. The zero-order chi connectivity index (χ0) is 14.4. The van der Waals surface area contributed by atoms with E-state index in [-0.39, 0.29) is 5.97 Å². The van der Waals surface area contributed by atoms with Crippen LogP contribution in [0.1, 0.15) is 51.2 Å². The topological polar surface area (TPSA) is 38.7 Å². The van der Waals surface area contributed by atoms with Crippen molar-refractivity contribution in [3.05, 3.63) is 35.4 Å².